The highest BCUT2D eigenvalue weighted by atomic mass is 32.1. The van der Waals surface area contributed by atoms with Crippen LogP contribution in [0, 0.1) is 6.92 Å². The first-order chi connectivity index (χ1) is 6.81. The summed E-state index contributed by atoms with van der Waals surface area (Å²) >= 11 is 1.80. The molecule has 2 heterocycles. The zero-order valence-corrected chi connectivity index (χ0v) is 9.34. The van der Waals surface area contributed by atoms with Gasteiger partial charge in [-0.1, -0.05) is 13.0 Å². The van der Waals surface area contributed by atoms with Gasteiger partial charge >= 0.3 is 0 Å². The molecule has 0 saturated heterocycles. The van der Waals surface area contributed by atoms with Gasteiger partial charge in [-0.3, -0.25) is 0 Å². The van der Waals surface area contributed by atoms with E-state index < -0.39 is 0 Å². The lowest BCUT2D eigenvalue weighted by Crippen LogP contribution is -2.04. The van der Waals surface area contributed by atoms with Gasteiger partial charge in [-0.15, -0.1) is 11.3 Å². The SMILES string of the molecule is CCc1cnc(C)n1Cc1cccs1. The van der Waals surface area contributed by atoms with Crippen molar-refractivity contribution in [2.24, 2.45) is 0 Å². The number of aromatic nitrogens is 2. The molecule has 0 spiro atoms. The molecule has 0 saturated carbocycles. The van der Waals surface area contributed by atoms with Crippen molar-refractivity contribution in [1.29, 1.82) is 0 Å². The van der Waals surface area contributed by atoms with E-state index in [9.17, 15) is 0 Å². The van der Waals surface area contributed by atoms with Crippen LogP contribution in [-0.2, 0) is 13.0 Å². The smallest absolute Gasteiger partial charge is 0.106 e. The third-order valence-corrected chi connectivity index (χ3v) is 3.26. The first kappa shape index (κ1) is 9.46. The van der Waals surface area contributed by atoms with Gasteiger partial charge in [0.1, 0.15) is 5.82 Å². The molecule has 0 radical (unpaired) electrons. The molecule has 2 aromatic heterocycles. The van der Waals surface area contributed by atoms with Crippen LogP contribution in [0.5, 0.6) is 0 Å². The molecule has 74 valence electrons. The van der Waals surface area contributed by atoms with Gasteiger partial charge in [0.2, 0.25) is 0 Å². The van der Waals surface area contributed by atoms with Gasteiger partial charge in [0, 0.05) is 16.8 Å². The molecular weight excluding hydrogens is 192 g/mol. The summed E-state index contributed by atoms with van der Waals surface area (Å²) in [5.41, 5.74) is 1.32. The summed E-state index contributed by atoms with van der Waals surface area (Å²) in [4.78, 5) is 5.73. The van der Waals surface area contributed by atoms with Gasteiger partial charge in [0.05, 0.1) is 6.54 Å². The van der Waals surface area contributed by atoms with Crippen molar-refractivity contribution in [3.8, 4) is 0 Å². The summed E-state index contributed by atoms with van der Waals surface area (Å²) in [6.07, 6.45) is 3.02. The predicted octanol–water partition coefficient (Wildman–Crippen LogP) is 2.86. The largest absolute Gasteiger partial charge is 0.327 e. The van der Waals surface area contributed by atoms with Crippen molar-refractivity contribution < 1.29 is 0 Å². The average Bonchev–Trinajstić information content (AvgIpc) is 2.79. The quantitative estimate of drug-likeness (QED) is 0.755. The van der Waals surface area contributed by atoms with E-state index in [0.29, 0.717) is 0 Å². The fourth-order valence-electron chi connectivity index (χ4n) is 1.57. The number of hydrogen-bond donors (Lipinski definition) is 0. The Labute approximate surface area is 88.2 Å². The molecule has 0 atom stereocenters. The third kappa shape index (κ3) is 1.73. The van der Waals surface area contributed by atoms with Crippen molar-refractivity contribution in [2.45, 2.75) is 26.8 Å². The highest BCUT2D eigenvalue weighted by Gasteiger charge is 2.05. The Balaban J connectivity index is 2.27. The van der Waals surface area contributed by atoms with Gasteiger partial charge in [-0.25, -0.2) is 4.98 Å². The maximum atomic E-state index is 4.34. The topological polar surface area (TPSA) is 17.8 Å². The Morgan fingerprint density at radius 2 is 2.36 bits per heavy atom. The van der Waals surface area contributed by atoms with Gasteiger partial charge < -0.3 is 4.57 Å². The standard InChI is InChI=1S/C11H14N2S/c1-3-10-7-12-9(2)13(10)8-11-5-4-6-14-11/h4-7H,3,8H2,1-2H3. The molecule has 0 N–H and O–H groups in total. The Bertz CT molecular complexity index is 401. The minimum atomic E-state index is 0.965. The molecule has 0 aliphatic rings. The fraction of sp³-hybridized carbons (Fsp3) is 0.364. The summed E-state index contributed by atoms with van der Waals surface area (Å²) in [7, 11) is 0. The van der Waals surface area contributed by atoms with Crippen LogP contribution >= 0.6 is 11.3 Å². The van der Waals surface area contributed by atoms with Crippen LogP contribution in [0.25, 0.3) is 0 Å². The molecule has 2 nitrogen and oxygen atoms in total. The lowest BCUT2D eigenvalue weighted by atomic mass is 10.3. The molecule has 0 aromatic carbocycles. The number of hydrogen-bond acceptors (Lipinski definition) is 2. The predicted molar refractivity (Wildman–Crippen MR) is 59.8 cm³/mol. The van der Waals surface area contributed by atoms with Crippen molar-refractivity contribution in [2.75, 3.05) is 0 Å². The first-order valence-electron chi connectivity index (χ1n) is 4.84. The van der Waals surface area contributed by atoms with E-state index >= 15 is 0 Å². The summed E-state index contributed by atoms with van der Waals surface area (Å²) in [6, 6.07) is 4.27. The number of rotatable bonds is 3. The minimum absolute atomic E-state index is 0.965. The van der Waals surface area contributed by atoms with E-state index in [1.54, 1.807) is 11.3 Å². The van der Waals surface area contributed by atoms with Crippen LogP contribution in [0.4, 0.5) is 0 Å². The lowest BCUT2D eigenvalue weighted by molar-refractivity contribution is 0.727. The molecule has 14 heavy (non-hydrogen) atoms. The second-order valence-corrected chi connectivity index (χ2v) is 4.35. The van der Waals surface area contributed by atoms with Gasteiger partial charge in [0.25, 0.3) is 0 Å². The van der Waals surface area contributed by atoms with E-state index in [1.165, 1.54) is 10.6 Å². The Morgan fingerprint density at radius 3 is 3.00 bits per heavy atom. The van der Waals surface area contributed by atoms with Gasteiger partial charge in [-0.2, -0.15) is 0 Å². The highest BCUT2D eigenvalue weighted by Crippen LogP contribution is 2.14. The van der Waals surface area contributed by atoms with E-state index in [1.807, 2.05) is 6.20 Å². The maximum absolute atomic E-state index is 4.34. The molecular formula is C11H14N2S. The summed E-state index contributed by atoms with van der Waals surface area (Å²) in [5.74, 6) is 1.11. The number of aryl methyl sites for hydroxylation is 2. The van der Waals surface area contributed by atoms with Crippen molar-refractivity contribution in [1.82, 2.24) is 9.55 Å². The van der Waals surface area contributed by atoms with Crippen molar-refractivity contribution in [3.63, 3.8) is 0 Å². The fourth-order valence-corrected chi connectivity index (χ4v) is 2.26. The second-order valence-electron chi connectivity index (χ2n) is 3.32. The minimum Gasteiger partial charge on any atom is -0.327 e. The molecule has 0 aliphatic carbocycles. The molecule has 0 unspecified atom stereocenters. The van der Waals surface area contributed by atoms with Crippen LogP contribution in [0.3, 0.4) is 0 Å². The number of thiophene rings is 1. The van der Waals surface area contributed by atoms with E-state index in [-0.39, 0.29) is 0 Å². The van der Waals surface area contributed by atoms with E-state index in [4.69, 9.17) is 0 Å². The zero-order valence-electron chi connectivity index (χ0n) is 8.53. The molecule has 0 amide bonds. The van der Waals surface area contributed by atoms with Crippen molar-refractivity contribution >= 4 is 11.3 Å². The summed E-state index contributed by atoms with van der Waals surface area (Å²) in [5, 5.41) is 2.12. The Kier molecular flexibility index (Phi) is 2.68. The zero-order chi connectivity index (χ0) is 9.97. The van der Waals surface area contributed by atoms with Gasteiger partial charge in [0.15, 0.2) is 0 Å². The Morgan fingerprint density at radius 1 is 1.50 bits per heavy atom. The monoisotopic (exact) mass is 206 g/mol. The lowest BCUT2D eigenvalue weighted by Gasteiger charge is -2.06. The normalized spacial score (nSPS) is 10.7. The Hall–Kier alpha value is -1.09. The molecule has 0 aliphatic heterocycles. The number of imidazole rings is 1. The highest BCUT2D eigenvalue weighted by molar-refractivity contribution is 7.09. The van der Waals surface area contributed by atoms with Crippen molar-refractivity contribution in [3.05, 3.63) is 40.1 Å². The second kappa shape index (κ2) is 3.96. The van der Waals surface area contributed by atoms with E-state index in [0.717, 1.165) is 18.8 Å². The average molecular weight is 206 g/mol. The van der Waals surface area contributed by atoms with E-state index in [2.05, 4.69) is 40.9 Å². The van der Waals surface area contributed by atoms with Crippen LogP contribution in [-0.4, -0.2) is 9.55 Å². The summed E-state index contributed by atoms with van der Waals surface area (Å²) in [6.45, 7) is 5.20. The molecule has 2 rings (SSSR count). The summed E-state index contributed by atoms with van der Waals surface area (Å²) < 4.78 is 2.28. The first-order valence-corrected chi connectivity index (χ1v) is 5.72. The molecule has 0 fully saturated rings. The van der Waals surface area contributed by atoms with Crippen LogP contribution < -0.4 is 0 Å². The third-order valence-electron chi connectivity index (χ3n) is 2.39. The number of nitrogens with zero attached hydrogens (tertiary/aromatic N) is 2. The van der Waals surface area contributed by atoms with Crippen LogP contribution in [0.1, 0.15) is 23.3 Å². The molecule has 2 aromatic rings. The van der Waals surface area contributed by atoms with Crippen LogP contribution in [0.2, 0.25) is 0 Å². The molecule has 3 heteroatoms. The molecule has 0 bridgehead atoms. The maximum Gasteiger partial charge on any atom is 0.106 e. The van der Waals surface area contributed by atoms with Gasteiger partial charge in [-0.05, 0) is 24.8 Å². The van der Waals surface area contributed by atoms with Crippen LogP contribution in [0.15, 0.2) is 23.7 Å².